The molecule has 0 atom stereocenters. The predicted octanol–water partition coefficient (Wildman–Crippen LogP) is 4.48. The average molecular weight is 234 g/mol. The van der Waals surface area contributed by atoms with Gasteiger partial charge in [-0.05, 0) is 73.2 Å². The van der Waals surface area contributed by atoms with Crippen molar-refractivity contribution in [1.82, 2.24) is 0 Å². The molecule has 0 aromatic heterocycles. The van der Waals surface area contributed by atoms with Gasteiger partial charge in [0.15, 0.2) is 0 Å². The molecule has 2 aromatic carbocycles. The van der Waals surface area contributed by atoms with Gasteiger partial charge in [-0.1, -0.05) is 36.4 Å². The van der Waals surface area contributed by atoms with Gasteiger partial charge in [0.05, 0.1) is 0 Å². The monoisotopic (exact) mass is 234 g/mol. The molecule has 2 aromatic rings. The van der Waals surface area contributed by atoms with Crippen LogP contribution in [-0.2, 0) is 0 Å². The summed E-state index contributed by atoms with van der Waals surface area (Å²) in [6.07, 6.45) is 6.66. The van der Waals surface area contributed by atoms with Gasteiger partial charge in [0.2, 0.25) is 0 Å². The van der Waals surface area contributed by atoms with Gasteiger partial charge in [-0.25, -0.2) is 0 Å². The maximum atomic E-state index is 3.33. The van der Waals surface area contributed by atoms with E-state index in [0.717, 1.165) is 11.1 Å². The lowest BCUT2D eigenvalue weighted by Gasteiger charge is -2.06. The fraction of sp³-hybridized carbons (Fsp3) is 0.222. The van der Waals surface area contributed by atoms with E-state index in [-0.39, 0.29) is 0 Å². The summed E-state index contributed by atoms with van der Waals surface area (Å²) in [5.74, 6) is 0. The van der Waals surface area contributed by atoms with Crippen LogP contribution in [0, 0.1) is 39.8 Å². The lowest BCUT2D eigenvalue weighted by atomic mass is 9.98. The maximum Gasteiger partial charge on any atom is -0.000814 e. The van der Waals surface area contributed by atoms with Gasteiger partial charge in [0.1, 0.15) is 0 Å². The molecule has 0 spiro atoms. The third-order valence-electron chi connectivity index (χ3n) is 3.27. The van der Waals surface area contributed by atoms with Crippen LogP contribution in [-0.4, -0.2) is 0 Å². The van der Waals surface area contributed by atoms with Crippen LogP contribution in [0.15, 0.2) is 36.4 Å². The second kappa shape index (κ2) is 5.22. The Labute approximate surface area is 110 Å². The second-order valence-corrected chi connectivity index (χ2v) is 4.78. The number of rotatable bonds is 2. The summed E-state index contributed by atoms with van der Waals surface area (Å²) in [5, 5.41) is 0. The van der Waals surface area contributed by atoms with E-state index in [9.17, 15) is 0 Å². The van der Waals surface area contributed by atoms with Gasteiger partial charge < -0.3 is 0 Å². The minimum Gasteiger partial charge on any atom is -0.0617 e. The van der Waals surface area contributed by atoms with Crippen LogP contribution in [0.1, 0.15) is 33.4 Å². The lowest BCUT2D eigenvalue weighted by molar-refractivity contribution is 1.28. The summed E-state index contributed by atoms with van der Waals surface area (Å²) in [6, 6.07) is 12.6. The first kappa shape index (κ1) is 12.6. The van der Waals surface area contributed by atoms with Gasteiger partial charge in [0, 0.05) is 0 Å². The lowest BCUT2D eigenvalue weighted by Crippen LogP contribution is -1.90. The van der Waals surface area contributed by atoms with Crippen molar-refractivity contribution in [2.75, 3.05) is 0 Å². The fourth-order valence-corrected chi connectivity index (χ4v) is 2.15. The Morgan fingerprint density at radius 2 is 0.833 bits per heavy atom. The molecule has 0 N–H and O–H groups in total. The molecule has 0 heteroatoms. The summed E-state index contributed by atoms with van der Waals surface area (Å²) in [5.41, 5.74) is 7.28. The molecular weight excluding hydrogens is 216 g/mol. The molecule has 2 rings (SSSR count). The van der Waals surface area contributed by atoms with E-state index in [1.54, 1.807) is 0 Å². The van der Waals surface area contributed by atoms with E-state index in [4.69, 9.17) is 0 Å². The number of benzene rings is 2. The van der Waals surface area contributed by atoms with Crippen LogP contribution >= 0.6 is 0 Å². The van der Waals surface area contributed by atoms with E-state index in [0.29, 0.717) is 0 Å². The molecule has 0 heterocycles. The second-order valence-electron chi connectivity index (χ2n) is 4.78. The molecule has 2 radical (unpaired) electrons. The highest BCUT2D eigenvalue weighted by atomic mass is 14.1. The third-order valence-corrected chi connectivity index (χ3v) is 3.27. The SMILES string of the molecule is Cc1cccc(C)c1/[C]=[C]/c1c(C)cccc1C. The highest BCUT2D eigenvalue weighted by Gasteiger charge is 2.01. The Kier molecular flexibility index (Phi) is 3.66. The summed E-state index contributed by atoms with van der Waals surface area (Å²) in [4.78, 5) is 0. The summed E-state index contributed by atoms with van der Waals surface area (Å²) in [7, 11) is 0. The zero-order valence-corrected chi connectivity index (χ0v) is 11.5. The maximum absolute atomic E-state index is 3.33. The van der Waals surface area contributed by atoms with E-state index < -0.39 is 0 Å². The van der Waals surface area contributed by atoms with Crippen molar-refractivity contribution >= 4 is 0 Å². The third kappa shape index (κ3) is 2.53. The molecule has 18 heavy (non-hydrogen) atoms. The van der Waals surface area contributed by atoms with Crippen molar-refractivity contribution in [1.29, 1.82) is 0 Å². The first-order chi connectivity index (χ1) is 8.59. The molecule has 0 saturated heterocycles. The first-order valence-electron chi connectivity index (χ1n) is 6.24. The Balaban J connectivity index is 2.43. The topological polar surface area (TPSA) is 0 Å². The minimum atomic E-state index is 1.15. The van der Waals surface area contributed by atoms with Crippen molar-refractivity contribution in [3.05, 3.63) is 81.9 Å². The molecule has 0 nitrogen and oxygen atoms in total. The normalized spacial score (nSPS) is 11.1. The fourth-order valence-electron chi connectivity index (χ4n) is 2.15. The van der Waals surface area contributed by atoms with Gasteiger partial charge in [-0.15, -0.1) is 0 Å². The quantitative estimate of drug-likeness (QED) is 0.672. The van der Waals surface area contributed by atoms with Crippen LogP contribution in [0.25, 0.3) is 0 Å². The van der Waals surface area contributed by atoms with Crippen LogP contribution in [0.3, 0.4) is 0 Å². The van der Waals surface area contributed by atoms with Crippen molar-refractivity contribution in [2.24, 2.45) is 0 Å². The summed E-state index contributed by atoms with van der Waals surface area (Å²) >= 11 is 0. The number of aryl methyl sites for hydroxylation is 4. The average Bonchev–Trinajstić information content (AvgIpc) is 2.31. The molecule has 0 fully saturated rings. The van der Waals surface area contributed by atoms with Crippen LogP contribution < -0.4 is 0 Å². The highest BCUT2D eigenvalue weighted by molar-refractivity contribution is 5.42. The number of hydrogen-bond acceptors (Lipinski definition) is 0. The van der Waals surface area contributed by atoms with Crippen molar-refractivity contribution in [2.45, 2.75) is 27.7 Å². The predicted molar refractivity (Wildman–Crippen MR) is 76.5 cm³/mol. The Hall–Kier alpha value is -1.82. The molecule has 0 bridgehead atoms. The van der Waals surface area contributed by atoms with Gasteiger partial charge in [0.25, 0.3) is 0 Å². The van der Waals surface area contributed by atoms with E-state index in [1.807, 2.05) is 0 Å². The van der Waals surface area contributed by atoms with Crippen molar-refractivity contribution < 1.29 is 0 Å². The molecule has 0 aliphatic carbocycles. The molecule has 0 aliphatic heterocycles. The largest absolute Gasteiger partial charge is 0.0617 e. The molecule has 0 saturated carbocycles. The zero-order chi connectivity index (χ0) is 13.1. The minimum absolute atomic E-state index is 1.15. The Morgan fingerprint density at radius 1 is 0.556 bits per heavy atom. The standard InChI is InChI=1S/C18H18/c1-13-7-5-8-14(2)17(13)11-12-18-15(3)9-6-10-16(18)4/h5-10H,1-4H3. The van der Waals surface area contributed by atoms with Gasteiger partial charge in [-0.2, -0.15) is 0 Å². The summed E-state index contributed by atoms with van der Waals surface area (Å²) < 4.78 is 0. The molecule has 0 aliphatic rings. The molecule has 0 amide bonds. The molecule has 0 unspecified atom stereocenters. The van der Waals surface area contributed by atoms with E-state index >= 15 is 0 Å². The number of hydrogen-bond donors (Lipinski definition) is 0. The van der Waals surface area contributed by atoms with Crippen molar-refractivity contribution in [3.63, 3.8) is 0 Å². The highest BCUT2D eigenvalue weighted by Crippen LogP contribution is 2.17. The van der Waals surface area contributed by atoms with Crippen LogP contribution in [0.5, 0.6) is 0 Å². The van der Waals surface area contributed by atoms with E-state index in [2.05, 4.69) is 76.2 Å². The molecular formula is C18H18. The van der Waals surface area contributed by atoms with E-state index in [1.165, 1.54) is 22.3 Å². The Morgan fingerprint density at radius 3 is 1.11 bits per heavy atom. The summed E-state index contributed by atoms with van der Waals surface area (Å²) in [6.45, 7) is 8.45. The Bertz CT molecular complexity index is 495. The van der Waals surface area contributed by atoms with Gasteiger partial charge >= 0.3 is 0 Å². The van der Waals surface area contributed by atoms with Crippen LogP contribution in [0.2, 0.25) is 0 Å². The van der Waals surface area contributed by atoms with Gasteiger partial charge in [-0.3, -0.25) is 0 Å². The van der Waals surface area contributed by atoms with Crippen molar-refractivity contribution in [3.8, 4) is 0 Å². The zero-order valence-electron chi connectivity index (χ0n) is 11.5. The molecule has 90 valence electrons. The van der Waals surface area contributed by atoms with Crippen LogP contribution in [0.4, 0.5) is 0 Å². The smallest absolute Gasteiger partial charge is 0.000814 e. The first-order valence-corrected chi connectivity index (χ1v) is 6.24.